The van der Waals surface area contributed by atoms with Crippen molar-refractivity contribution in [1.29, 1.82) is 0 Å². The third-order valence-electron chi connectivity index (χ3n) is 10.4. The van der Waals surface area contributed by atoms with E-state index in [1.807, 2.05) is 84.9 Å². The maximum absolute atomic E-state index is 14.4. The van der Waals surface area contributed by atoms with Crippen molar-refractivity contribution in [2.45, 2.75) is 37.5 Å². The summed E-state index contributed by atoms with van der Waals surface area (Å²) >= 11 is 26.5. The summed E-state index contributed by atoms with van der Waals surface area (Å²) in [6.07, 6.45) is -4.08. The summed E-state index contributed by atoms with van der Waals surface area (Å²) in [4.78, 5) is 45.5. The minimum Gasteiger partial charge on any atom is -0.461 e. The molecule has 0 bridgehead atoms. The SMILES string of the molecule is O=C(COCC1OC(c2ccccc2Cl)c2cc(Cl)ccc2N(Cc2ccccc2)C1=O)OCC1OC(c2ccccc2Cl)c2cc(Cl)ccc2N(Cc2ccccc2)C1=O. The number of anilines is 2. The zero-order valence-corrected chi connectivity index (χ0v) is 35.5. The molecule has 0 aliphatic carbocycles. The van der Waals surface area contributed by atoms with E-state index in [-0.39, 0.29) is 19.7 Å². The molecule has 8 rings (SSSR count). The lowest BCUT2D eigenvalue weighted by Gasteiger charge is -2.25. The van der Waals surface area contributed by atoms with Crippen molar-refractivity contribution in [3.05, 3.63) is 199 Å². The molecule has 13 heteroatoms. The Morgan fingerprint density at radius 2 is 0.951 bits per heavy atom. The Kier molecular flexibility index (Phi) is 13.4. The van der Waals surface area contributed by atoms with Crippen LogP contribution in [0.1, 0.15) is 45.6 Å². The number of hydrogen-bond acceptors (Lipinski definition) is 7. The first-order valence-corrected chi connectivity index (χ1v) is 21.0. The van der Waals surface area contributed by atoms with Gasteiger partial charge in [0.15, 0.2) is 12.2 Å². The number of rotatable bonds is 12. The van der Waals surface area contributed by atoms with Crippen LogP contribution in [0.25, 0.3) is 0 Å². The molecule has 2 aliphatic rings. The number of halogens is 4. The van der Waals surface area contributed by atoms with Crippen LogP contribution in [0, 0.1) is 0 Å². The second-order valence-corrected chi connectivity index (χ2v) is 16.2. The molecule has 6 aromatic carbocycles. The van der Waals surface area contributed by atoms with E-state index in [4.69, 9.17) is 65.4 Å². The Labute approximate surface area is 373 Å². The van der Waals surface area contributed by atoms with Gasteiger partial charge in [-0.3, -0.25) is 9.59 Å². The molecule has 0 N–H and O–H groups in total. The van der Waals surface area contributed by atoms with E-state index in [2.05, 4.69) is 0 Å². The molecule has 9 nitrogen and oxygen atoms in total. The number of benzene rings is 6. The highest BCUT2D eigenvalue weighted by molar-refractivity contribution is 6.32. The first kappa shape index (κ1) is 42.5. The third kappa shape index (κ3) is 9.64. The van der Waals surface area contributed by atoms with Gasteiger partial charge in [0.2, 0.25) is 0 Å². The van der Waals surface area contributed by atoms with Crippen LogP contribution in [-0.4, -0.2) is 49.8 Å². The van der Waals surface area contributed by atoms with Gasteiger partial charge < -0.3 is 28.7 Å². The zero-order chi connectivity index (χ0) is 42.5. The molecule has 0 saturated heterocycles. The van der Waals surface area contributed by atoms with Crippen LogP contribution in [0.15, 0.2) is 146 Å². The number of amides is 2. The highest BCUT2D eigenvalue weighted by atomic mass is 35.5. The predicted octanol–water partition coefficient (Wildman–Crippen LogP) is 10.6. The topological polar surface area (TPSA) is 94.6 Å². The van der Waals surface area contributed by atoms with Crippen molar-refractivity contribution >= 4 is 75.6 Å². The number of esters is 1. The predicted molar refractivity (Wildman–Crippen MR) is 236 cm³/mol. The van der Waals surface area contributed by atoms with Crippen molar-refractivity contribution in [3.63, 3.8) is 0 Å². The Morgan fingerprint density at radius 3 is 1.41 bits per heavy atom. The van der Waals surface area contributed by atoms with Gasteiger partial charge in [0.05, 0.1) is 31.1 Å². The fourth-order valence-electron chi connectivity index (χ4n) is 7.54. The zero-order valence-electron chi connectivity index (χ0n) is 32.5. The van der Waals surface area contributed by atoms with E-state index in [9.17, 15) is 14.4 Å². The standard InChI is InChI=1S/C48H38Cl4N2O7/c49-32-19-21-40-36(23-32)45(34-15-7-9-17-38(34)51)60-42(47(56)53(40)25-30-11-3-1-4-12-30)27-58-29-44(55)59-28-43-48(57)54(26-31-13-5-2-6-14-31)41-22-20-33(50)24-37(41)46(61-43)35-16-8-10-18-39(35)52/h1-24,42-43,45-46H,25-29H2. The van der Waals surface area contributed by atoms with Crippen molar-refractivity contribution in [3.8, 4) is 0 Å². The number of fused-ring (bicyclic) bond motifs is 2. The Morgan fingerprint density at radius 1 is 0.525 bits per heavy atom. The molecular weight excluding hydrogens is 858 g/mol. The van der Waals surface area contributed by atoms with Crippen molar-refractivity contribution in [2.24, 2.45) is 0 Å². The number of carbonyl (C=O) groups excluding carboxylic acids is 3. The lowest BCUT2D eigenvalue weighted by molar-refractivity contribution is -0.159. The van der Waals surface area contributed by atoms with Crippen LogP contribution in [0.3, 0.4) is 0 Å². The normalized spacial score (nSPS) is 18.8. The maximum Gasteiger partial charge on any atom is 0.332 e. The van der Waals surface area contributed by atoms with E-state index in [1.54, 1.807) is 70.5 Å². The highest BCUT2D eigenvalue weighted by Crippen LogP contribution is 2.44. The van der Waals surface area contributed by atoms with Crippen molar-refractivity contribution in [1.82, 2.24) is 0 Å². The van der Waals surface area contributed by atoms with Gasteiger partial charge in [0, 0.05) is 42.3 Å². The lowest BCUT2D eigenvalue weighted by Crippen LogP contribution is -2.42. The summed E-state index contributed by atoms with van der Waals surface area (Å²) < 4.78 is 24.7. The summed E-state index contributed by atoms with van der Waals surface area (Å²) in [6.45, 7) is -0.866. The molecule has 0 aromatic heterocycles. The van der Waals surface area contributed by atoms with E-state index in [1.165, 1.54) is 0 Å². The van der Waals surface area contributed by atoms with Gasteiger partial charge in [-0.25, -0.2) is 4.79 Å². The Hall–Kier alpha value is -5.23. The lowest BCUT2D eigenvalue weighted by atomic mass is 9.99. The van der Waals surface area contributed by atoms with E-state index in [0.29, 0.717) is 53.7 Å². The summed E-state index contributed by atoms with van der Waals surface area (Å²) in [5.41, 5.74) is 5.43. The average molecular weight is 897 g/mol. The number of hydrogen-bond donors (Lipinski definition) is 0. The van der Waals surface area contributed by atoms with Gasteiger partial charge >= 0.3 is 5.97 Å². The minimum atomic E-state index is -1.25. The summed E-state index contributed by atoms with van der Waals surface area (Å²) in [6, 6.07) is 43.9. The summed E-state index contributed by atoms with van der Waals surface area (Å²) in [5, 5.41) is 1.76. The monoisotopic (exact) mass is 894 g/mol. The molecule has 2 amide bonds. The van der Waals surface area contributed by atoms with Crippen LogP contribution in [0.2, 0.25) is 20.1 Å². The Bertz CT molecular complexity index is 2540. The van der Waals surface area contributed by atoms with E-state index in [0.717, 1.165) is 11.1 Å². The first-order valence-electron chi connectivity index (χ1n) is 19.5. The first-order chi connectivity index (χ1) is 29.6. The fraction of sp³-hybridized carbons (Fsp3) is 0.188. The molecule has 0 fully saturated rings. The molecule has 0 saturated carbocycles. The minimum absolute atomic E-state index is 0.211. The summed E-state index contributed by atoms with van der Waals surface area (Å²) in [7, 11) is 0. The van der Waals surface area contributed by atoms with E-state index < -0.39 is 55.4 Å². The van der Waals surface area contributed by atoms with Gasteiger partial charge in [0.1, 0.15) is 25.4 Å². The van der Waals surface area contributed by atoms with Gasteiger partial charge in [0.25, 0.3) is 11.8 Å². The maximum atomic E-state index is 14.4. The molecule has 2 aliphatic heterocycles. The van der Waals surface area contributed by atoms with Crippen LogP contribution in [-0.2, 0) is 46.4 Å². The van der Waals surface area contributed by atoms with Gasteiger partial charge in [-0.2, -0.15) is 0 Å². The molecule has 4 atom stereocenters. The number of ether oxygens (including phenoxy) is 4. The molecule has 0 spiro atoms. The van der Waals surface area contributed by atoms with Crippen LogP contribution < -0.4 is 9.80 Å². The second kappa shape index (κ2) is 19.2. The summed E-state index contributed by atoms with van der Waals surface area (Å²) in [5.74, 6) is -1.61. The van der Waals surface area contributed by atoms with Gasteiger partial charge in [-0.05, 0) is 59.7 Å². The second-order valence-electron chi connectivity index (χ2n) is 14.5. The molecular formula is C48H38Cl4N2O7. The van der Waals surface area contributed by atoms with Crippen LogP contribution in [0.5, 0.6) is 0 Å². The van der Waals surface area contributed by atoms with Crippen molar-refractivity contribution in [2.75, 3.05) is 29.6 Å². The molecule has 6 aromatic rings. The molecule has 61 heavy (non-hydrogen) atoms. The smallest absolute Gasteiger partial charge is 0.332 e. The molecule has 310 valence electrons. The molecule has 4 unspecified atom stereocenters. The van der Waals surface area contributed by atoms with Crippen molar-refractivity contribution < 1.29 is 33.3 Å². The van der Waals surface area contributed by atoms with E-state index >= 15 is 0 Å². The van der Waals surface area contributed by atoms with Crippen LogP contribution >= 0.6 is 46.4 Å². The molecule has 0 radical (unpaired) electrons. The largest absolute Gasteiger partial charge is 0.461 e. The van der Waals surface area contributed by atoms with Gasteiger partial charge in [-0.15, -0.1) is 0 Å². The molecule has 2 heterocycles. The van der Waals surface area contributed by atoms with Crippen LogP contribution in [0.4, 0.5) is 11.4 Å². The fourth-order valence-corrected chi connectivity index (χ4v) is 8.37. The highest BCUT2D eigenvalue weighted by Gasteiger charge is 2.40. The average Bonchev–Trinajstić information content (AvgIpc) is 3.44. The third-order valence-corrected chi connectivity index (χ3v) is 11.6. The number of nitrogens with zero attached hydrogens (tertiary/aromatic N) is 2. The van der Waals surface area contributed by atoms with Gasteiger partial charge in [-0.1, -0.05) is 143 Å². The Balaban J connectivity index is 1.02. The number of carbonyl (C=O) groups is 3. The quantitative estimate of drug-likeness (QED) is 0.113.